The van der Waals surface area contributed by atoms with Crippen LogP contribution in [0.3, 0.4) is 0 Å². The molecule has 0 amide bonds. The zero-order valence-corrected chi connectivity index (χ0v) is 13.1. The summed E-state index contributed by atoms with van der Waals surface area (Å²) in [6, 6.07) is 0. The Morgan fingerprint density at radius 3 is 2.95 bits per heavy atom. The third kappa shape index (κ3) is 3.26. The first-order valence-corrected chi connectivity index (χ1v) is 8.65. The minimum Gasteiger partial charge on any atom is -0.462 e. The number of hydrogen-bond donors (Lipinski definition) is 1. The van der Waals surface area contributed by atoms with Gasteiger partial charge in [0.2, 0.25) is 0 Å². The number of nitrogens with zero attached hydrogens (tertiary/aromatic N) is 2. The van der Waals surface area contributed by atoms with Crippen molar-refractivity contribution in [3.05, 3.63) is 11.8 Å². The largest absolute Gasteiger partial charge is 0.462 e. The fourth-order valence-electron chi connectivity index (χ4n) is 2.61. The van der Waals surface area contributed by atoms with Crippen LogP contribution in [0.1, 0.15) is 43.5 Å². The fourth-order valence-corrected chi connectivity index (χ4v) is 4.21. The number of sulfonamides is 1. The average molecular weight is 315 g/mol. The summed E-state index contributed by atoms with van der Waals surface area (Å²) in [5.74, 6) is -0.284. The van der Waals surface area contributed by atoms with Gasteiger partial charge in [-0.15, -0.1) is 0 Å². The van der Waals surface area contributed by atoms with Gasteiger partial charge < -0.3 is 4.74 Å². The number of ether oxygens (including phenoxy) is 1. The number of nitrogens with one attached hydrogen (secondary N) is 1. The molecule has 2 heterocycles. The Hall–Kier alpha value is -1.41. The first-order chi connectivity index (χ1) is 10.0. The molecule has 7 nitrogen and oxygen atoms in total. The van der Waals surface area contributed by atoms with E-state index in [1.54, 1.807) is 6.92 Å². The number of aromatic amines is 1. The van der Waals surface area contributed by atoms with Crippen molar-refractivity contribution in [2.75, 3.05) is 19.7 Å². The minimum atomic E-state index is -3.73. The van der Waals surface area contributed by atoms with Crippen LogP contribution in [0.15, 0.2) is 11.2 Å². The standard InChI is InChI=1S/C13H21N3O4S/c1-3-5-10-6-7-16(9-10)21(18,19)12-11(8-14-15-12)13(17)20-4-2/h8,10H,3-7,9H2,1-2H3,(H,14,15). The number of aromatic nitrogens is 2. The van der Waals surface area contributed by atoms with E-state index in [-0.39, 0.29) is 17.2 Å². The number of hydrogen-bond acceptors (Lipinski definition) is 5. The lowest BCUT2D eigenvalue weighted by Gasteiger charge is -2.16. The molecule has 1 unspecified atom stereocenters. The second-order valence-corrected chi connectivity index (χ2v) is 7.01. The molecule has 1 N–H and O–H groups in total. The van der Waals surface area contributed by atoms with Crippen molar-refractivity contribution in [2.45, 2.75) is 38.1 Å². The Bertz CT molecular complexity index is 596. The van der Waals surface area contributed by atoms with E-state index in [0.29, 0.717) is 19.0 Å². The van der Waals surface area contributed by atoms with Crippen molar-refractivity contribution < 1.29 is 17.9 Å². The van der Waals surface area contributed by atoms with Gasteiger partial charge in [0.25, 0.3) is 10.0 Å². The molecule has 118 valence electrons. The number of carbonyl (C=O) groups is 1. The number of esters is 1. The van der Waals surface area contributed by atoms with E-state index < -0.39 is 16.0 Å². The van der Waals surface area contributed by atoms with Crippen LogP contribution in [0.2, 0.25) is 0 Å². The van der Waals surface area contributed by atoms with Gasteiger partial charge in [-0.25, -0.2) is 13.2 Å². The molecular weight excluding hydrogens is 294 g/mol. The summed E-state index contributed by atoms with van der Waals surface area (Å²) < 4.78 is 31.5. The van der Waals surface area contributed by atoms with Crippen LogP contribution in [-0.4, -0.2) is 48.6 Å². The van der Waals surface area contributed by atoms with E-state index in [1.165, 1.54) is 10.5 Å². The first-order valence-electron chi connectivity index (χ1n) is 7.21. The molecule has 1 saturated heterocycles. The zero-order chi connectivity index (χ0) is 15.5. The van der Waals surface area contributed by atoms with Crippen molar-refractivity contribution >= 4 is 16.0 Å². The predicted octanol–water partition coefficient (Wildman–Crippen LogP) is 1.40. The van der Waals surface area contributed by atoms with E-state index in [1.807, 2.05) is 0 Å². The Kier molecular flexibility index (Phi) is 5.00. The van der Waals surface area contributed by atoms with Crippen LogP contribution in [0.25, 0.3) is 0 Å². The van der Waals surface area contributed by atoms with Gasteiger partial charge in [-0.2, -0.15) is 9.40 Å². The van der Waals surface area contributed by atoms with Crippen molar-refractivity contribution in [1.29, 1.82) is 0 Å². The molecule has 2 rings (SSSR count). The number of rotatable bonds is 6. The Morgan fingerprint density at radius 2 is 2.29 bits per heavy atom. The molecule has 1 aromatic rings. The van der Waals surface area contributed by atoms with Gasteiger partial charge in [0.1, 0.15) is 5.56 Å². The van der Waals surface area contributed by atoms with E-state index in [4.69, 9.17) is 4.74 Å². The zero-order valence-electron chi connectivity index (χ0n) is 12.3. The summed E-state index contributed by atoms with van der Waals surface area (Å²) in [5.41, 5.74) is -0.0317. The van der Waals surface area contributed by atoms with Crippen LogP contribution in [-0.2, 0) is 14.8 Å². The van der Waals surface area contributed by atoms with Gasteiger partial charge in [0.15, 0.2) is 5.03 Å². The number of H-pyrrole nitrogens is 1. The maximum absolute atomic E-state index is 12.6. The monoisotopic (exact) mass is 315 g/mol. The van der Waals surface area contributed by atoms with E-state index in [9.17, 15) is 13.2 Å². The highest BCUT2D eigenvalue weighted by molar-refractivity contribution is 7.89. The molecule has 1 atom stereocenters. The molecule has 1 aromatic heterocycles. The van der Waals surface area contributed by atoms with Crippen molar-refractivity contribution in [3.63, 3.8) is 0 Å². The highest BCUT2D eigenvalue weighted by atomic mass is 32.2. The molecule has 1 fully saturated rings. The van der Waals surface area contributed by atoms with Crippen molar-refractivity contribution in [2.24, 2.45) is 5.92 Å². The Labute approximate surface area is 124 Å². The SMILES string of the molecule is CCCC1CCN(S(=O)(=O)c2[nH]ncc2C(=O)OCC)C1. The minimum absolute atomic E-state index is 0.0317. The third-order valence-corrected chi connectivity index (χ3v) is 5.48. The van der Waals surface area contributed by atoms with Gasteiger partial charge in [0.05, 0.1) is 12.8 Å². The normalized spacial score (nSPS) is 19.8. The maximum Gasteiger partial charge on any atom is 0.342 e. The van der Waals surface area contributed by atoms with Crippen molar-refractivity contribution in [1.82, 2.24) is 14.5 Å². The Balaban J connectivity index is 2.21. The van der Waals surface area contributed by atoms with Crippen molar-refractivity contribution in [3.8, 4) is 0 Å². The van der Waals surface area contributed by atoms with Crippen LogP contribution >= 0.6 is 0 Å². The number of carbonyl (C=O) groups excluding carboxylic acids is 1. The molecule has 0 spiro atoms. The first kappa shape index (κ1) is 16.0. The summed E-state index contributed by atoms with van der Waals surface area (Å²) in [4.78, 5) is 11.8. The lowest BCUT2D eigenvalue weighted by Crippen LogP contribution is -2.30. The average Bonchev–Trinajstić information content (AvgIpc) is 3.08. The van der Waals surface area contributed by atoms with E-state index in [2.05, 4.69) is 17.1 Å². The second kappa shape index (κ2) is 6.57. The summed E-state index contributed by atoms with van der Waals surface area (Å²) >= 11 is 0. The topological polar surface area (TPSA) is 92.4 Å². The fraction of sp³-hybridized carbons (Fsp3) is 0.692. The van der Waals surface area contributed by atoms with Gasteiger partial charge in [0, 0.05) is 13.1 Å². The lowest BCUT2D eigenvalue weighted by molar-refractivity contribution is 0.0521. The molecule has 21 heavy (non-hydrogen) atoms. The maximum atomic E-state index is 12.6. The summed E-state index contributed by atoms with van der Waals surface area (Å²) in [6.07, 6.45) is 4.11. The predicted molar refractivity (Wildman–Crippen MR) is 76.3 cm³/mol. The molecular formula is C13H21N3O4S. The molecule has 8 heteroatoms. The van der Waals surface area contributed by atoms with E-state index in [0.717, 1.165) is 19.3 Å². The molecule has 0 radical (unpaired) electrons. The van der Waals surface area contributed by atoms with Gasteiger partial charge in [-0.05, 0) is 25.7 Å². The van der Waals surface area contributed by atoms with Gasteiger partial charge in [-0.3, -0.25) is 5.10 Å². The van der Waals surface area contributed by atoms with Crippen LogP contribution in [0.4, 0.5) is 0 Å². The quantitative estimate of drug-likeness (QED) is 0.801. The van der Waals surface area contributed by atoms with Gasteiger partial charge in [-0.1, -0.05) is 13.3 Å². The highest BCUT2D eigenvalue weighted by Gasteiger charge is 2.36. The molecule has 1 aliphatic rings. The lowest BCUT2D eigenvalue weighted by atomic mass is 10.0. The second-order valence-electron chi connectivity index (χ2n) is 5.14. The van der Waals surface area contributed by atoms with Crippen LogP contribution in [0.5, 0.6) is 0 Å². The Morgan fingerprint density at radius 1 is 1.52 bits per heavy atom. The van der Waals surface area contributed by atoms with Crippen LogP contribution < -0.4 is 0 Å². The summed E-state index contributed by atoms with van der Waals surface area (Å²) in [6.45, 7) is 4.92. The highest BCUT2D eigenvalue weighted by Crippen LogP contribution is 2.27. The molecule has 0 aromatic carbocycles. The molecule has 1 aliphatic heterocycles. The van der Waals surface area contributed by atoms with Gasteiger partial charge >= 0.3 is 5.97 Å². The summed E-state index contributed by atoms with van der Waals surface area (Å²) in [7, 11) is -3.73. The smallest absolute Gasteiger partial charge is 0.342 e. The summed E-state index contributed by atoms with van der Waals surface area (Å²) in [5, 5.41) is 5.95. The molecule has 0 aliphatic carbocycles. The third-order valence-electron chi connectivity index (χ3n) is 3.64. The molecule has 0 bridgehead atoms. The molecule has 0 saturated carbocycles. The van der Waals surface area contributed by atoms with Crippen LogP contribution in [0, 0.1) is 5.92 Å². The van der Waals surface area contributed by atoms with E-state index >= 15 is 0 Å².